The van der Waals surface area contributed by atoms with E-state index in [4.69, 9.17) is 4.74 Å². The molecule has 160 valence electrons. The highest BCUT2D eigenvalue weighted by Crippen LogP contribution is 2.39. The molecule has 0 unspecified atom stereocenters. The first-order valence-electron chi connectivity index (χ1n) is 10.3. The van der Waals surface area contributed by atoms with Gasteiger partial charge in [-0.2, -0.15) is 4.98 Å². The van der Waals surface area contributed by atoms with Gasteiger partial charge in [0.15, 0.2) is 11.9 Å². The molecule has 0 amide bonds. The van der Waals surface area contributed by atoms with Crippen molar-refractivity contribution in [3.05, 3.63) is 64.2 Å². The zero-order valence-corrected chi connectivity index (χ0v) is 18.0. The number of ether oxygens (including phenoxy) is 1. The smallest absolute Gasteiger partial charge is 0.269 e. The monoisotopic (exact) mass is 437 g/mol. The maximum atomic E-state index is 11.0. The Balaban J connectivity index is 1.62. The summed E-state index contributed by atoms with van der Waals surface area (Å²) in [5.41, 5.74) is 3.04. The summed E-state index contributed by atoms with van der Waals surface area (Å²) in [4.78, 5) is 15.2. The number of benzene rings is 2. The van der Waals surface area contributed by atoms with E-state index in [-0.39, 0.29) is 5.69 Å². The average molecular weight is 438 g/mol. The van der Waals surface area contributed by atoms with Gasteiger partial charge >= 0.3 is 0 Å². The Morgan fingerprint density at radius 1 is 1.10 bits per heavy atom. The summed E-state index contributed by atoms with van der Waals surface area (Å²) in [5, 5.41) is 23.6. The highest BCUT2D eigenvalue weighted by atomic mass is 32.2. The molecule has 0 radical (unpaired) electrons. The fourth-order valence-corrected chi connectivity index (χ4v) is 4.10. The maximum Gasteiger partial charge on any atom is 0.269 e. The van der Waals surface area contributed by atoms with Gasteiger partial charge in [0, 0.05) is 34.7 Å². The molecule has 8 nitrogen and oxygen atoms in total. The number of rotatable bonds is 8. The molecular weight excluding hydrogens is 414 g/mol. The number of nitro benzene ring substituents is 1. The van der Waals surface area contributed by atoms with E-state index in [1.807, 2.05) is 24.3 Å². The van der Waals surface area contributed by atoms with Gasteiger partial charge in [0.1, 0.15) is 0 Å². The Labute approximate surface area is 184 Å². The maximum absolute atomic E-state index is 11.0. The largest absolute Gasteiger partial charge is 0.448 e. The minimum absolute atomic E-state index is 0.0314. The highest BCUT2D eigenvalue weighted by Gasteiger charge is 2.26. The number of fused-ring (bicyclic) bond motifs is 3. The van der Waals surface area contributed by atoms with Gasteiger partial charge in [-0.3, -0.25) is 10.1 Å². The molecule has 0 bridgehead atoms. The topological polar surface area (TPSA) is 103 Å². The van der Waals surface area contributed by atoms with Crippen molar-refractivity contribution in [1.82, 2.24) is 15.2 Å². The first-order valence-corrected chi connectivity index (χ1v) is 11.3. The summed E-state index contributed by atoms with van der Waals surface area (Å²) in [6.45, 7) is 2.19. The lowest BCUT2D eigenvalue weighted by Crippen LogP contribution is -2.17. The molecule has 1 N–H and O–H groups in total. The van der Waals surface area contributed by atoms with Crippen LogP contribution in [0, 0.1) is 10.1 Å². The Kier molecular flexibility index (Phi) is 6.61. The summed E-state index contributed by atoms with van der Waals surface area (Å²) in [5.74, 6) is 1.33. The van der Waals surface area contributed by atoms with E-state index in [0.717, 1.165) is 29.0 Å². The van der Waals surface area contributed by atoms with E-state index in [9.17, 15) is 10.1 Å². The number of nitrogens with zero attached hydrogens (tertiary/aromatic N) is 4. The van der Waals surface area contributed by atoms with Crippen LogP contribution in [0.2, 0.25) is 0 Å². The van der Waals surface area contributed by atoms with Crippen LogP contribution in [0.3, 0.4) is 0 Å². The number of nitrogens with one attached hydrogen (secondary N) is 1. The van der Waals surface area contributed by atoms with E-state index in [0.29, 0.717) is 16.7 Å². The molecule has 0 saturated carbocycles. The predicted octanol–water partition coefficient (Wildman–Crippen LogP) is 5.62. The van der Waals surface area contributed by atoms with Crippen LogP contribution >= 0.6 is 11.8 Å². The average Bonchev–Trinajstić information content (AvgIpc) is 2.95. The third kappa shape index (κ3) is 4.93. The summed E-state index contributed by atoms with van der Waals surface area (Å²) >= 11 is 1.57. The van der Waals surface area contributed by atoms with E-state index >= 15 is 0 Å². The van der Waals surface area contributed by atoms with Crippen LogP contribution in [0.25, 0.3) is 11.3 Å². The van der Waals surface area contributed by atoms with Crippen molar-refractivity contribution >= 4 is 23.1 Å². The molecule has 31 heavy (non-hydrogen) atoms. The molecule has 0 spiro atoms. The number of hydrogen-bond donors (Lipinski definition) is 1. The zero-order chi connectivity index (χ0) is 21.6. The summed E-state index contributed by atoms with van der Waals surface area (Å²) in [6.07, 6.45) is 4.16. The minimum atomic E-state index is -0.567. The van der Waals surface area contributed by atoms with Gasteiger partial charge in [0.2, 0.25) is 11.0 Å². The highest BCUT2D eigenvalue weighted by molar-refractivity contribution is 7.99. The SMILES string of the molecule is CCCCCCSc1nnc2c(n1)O[C@@H](c1ccc([N+](=O)[O-])cc1)Nc1ccccc1-2. The van der Waals surface area contributed by atoms with E-state index < -0.39 is 11.2 Å². The van der Waals surface area contributed by atoms with Crippen molar-refractivity contribution in [3.63, 3.8) is 0 Å². The summed E-state index contributed by atoms with van der Waals surface area (Å²) in [7, 11) is 0. The number of hydrogen-bond acceptors (Lipinski definition) is 8. The van der Waals surface area contributed by atoms with Gasteiger partial charge in [0.25, 0.3) is 5.69 Å². The van der Waals surface area contributed by atoms with Crippen LogP contribution in [-0.2, 0) is 0 Å². The van der Waals surface area contributed by atoms with Gasteiger partial charge < -0.3 is 10.1 Å². The summed E-state index contributed by atoms with van der Waals surface area (Å²) in [6, 6.07) is 14.0. The Morgan fingerprint density at radius 2 is 1.90 bits per heavy atom. The van der Waals surface area contributed by atoms with E-state index in [2.05, 4.69) is 27.4 Å². The Bertz CT molecular complexity index is 1060. The number of nitro groups is 1. The molecule has 1 aromatic heterocycles. The number of thioether (sulfide) groups is 1. The number of aromatic nitrogens is 3. The molecule has 0 aliphatic carbocycles. The van der Waals surface area contributed by atoms with Crippen LogP contribution in [0.4, 0.5) is 11.4 Å². The lowest BCUT2D eigenvalue weighted by atomic mass is 10.1. The van der Waals surface area contributed by atoms with Crippen LogP contribution in [0.5, 0.6) is 5.88 Å². The molecule has 1 aliphatic heterocycles. The second-order valence-electron chi connectivity index (χ2n) is 7.19. The van der Waals surface area contributed by atoms with Crippen LogP contribution in [0.15, 0.2) is 53.7 Å². The van der Waals surface area contributed by atoms with E-state index in [1.54, 1.807) is 23.9 Å². The van der Waals surface area contributed by atoms with Crippen molar-refractivity contribution in [2.24, 2.45) is 0 Å². The molecule has 2 aromatic carbocycles. The van der Waals surface area contributed by atoms with Crippen molar-refractivity contribution in [2.45, 2.75) is 44.0 Å². The molecule has 4 rings (SSSR count). The second-order valence-corrected chi connectivity index (χ2v) is 8.26. The van der Waals surface area contributed by atoms with Gasteiger partial charge in [-0.25, -0.2) is 0 Å². The molecule has 1 aliphatic rings. The third-order valence-corrected chi connectivity index (χ3v) is 5.89. The fourth-order valence-electron chi connectivity index (χ4n) is 3.32. The lowest BCUT2D eigenvalue weighted by Gasteiger charge is -2.19. The minimum Gasteiger partial charge on any atom is -0.448 e. The van der Waals surface area contributed by atoms with Crippen LogP contribution in [0.1, 0.15) is 44.4 Å². The normalized spacial score (nSPS) is 14.5. The molecule has 1 atom stereocenters. The van der Waals surface area contributed by atoms with Gasteiger partial charge in [-0.05, 0) is 24.6 Å². The molecule has 3 aromatic rings. The molecule has 9 heteroatoms. The molecular formula is C22H23N5O3S. The first-order chi connectivity index (χ1) is 15.2. The zero-order valence-electron chi connectivity index (χ0n) is 17.2. The molecule has 0 fully saturated rings. The molecule has 2 heterocycles. The first kappa shape index (κ1) is 21.0. The number of para-hydroxylation sites is 1. The Morgan fingerprint density at radius 3 is 2.68 bits per heavy atom. The lowest BCUT2D eigenvalue weighted by molar-refractivity contribution is -0.384. The second kappa shape index (κ2) is 9.74. The summed E-state index contributed by atoms with van der Waals surface area (Å²) < 4.78 is 6.20. The van der Waals surface area contributed by atoms with Crippen LogP contribution in [-0.4, -0.2) is 25.9 Å². The number of anilines is 1. The quantitative estimate of drug-likeness (QED) is 0.209. The Hall–Kier alpha value is -3.20. The van der Waals surface area contributed by atoms with E-state index in [1.165, 1.54) is 31.4 Å². The molecule has 0 saturated heterocycles. The van der Waals surface area contributed by atoms with Gasteiger partial charge in [-0.15, -0.1) is 10.2 Å². The van der Waals surface area contributed by atoms with Crippen molar-refractivity contribution < 1.29 is 9.66 Å². The van der Waals surface area contributed by atoms with Crippen molar-refractivity contribution in [1.29, 1.82) is 0 Å². The number of non-ortho nitro benzene ring substituents is 1. The van der Waals surface area contributed by atoms with Gasteiger partial charge in [-0.1, -0.05) is 56.1 Å². The van der Waals surface area contributed by atoms with Gasteiger partial charge in [0.05, 0.1) is 4.92 Å². The van der Waals surface area contributed by atoms with Crippen molar-refractivity contribution in [3.8, 4) is 17.1 Å². The predicted molar refractivity (Wildman–Crippen MR) is 120 cm³/mol. The number of unbranched alkanes of at least 4 members (excludes halogenated alkanes) is 3. The standard InChI is InChI=1S/C22H23N5O3S/c1-2-3-4-7-14-31-22-24-21-19(25-26-22)17-8-5-6-9-18(17)23-20(30-21)15-10-12-16(13-11-15)27(28)29/h5-6,8-13,20,23H,2-4,7,14H2,1H3/t20-/m0/s1. The van der Waals surface area contributed by atoms with Crippen LogP contribution < -0.4 is 10.1 Å². The van der Waals surface area contributed by atoms with Crippen molar-refractivity contribution in [2.75, 3.05) is 11.1 Å². The fraction of sp³-hybridized carbons (Fsp3) is 0.318. The third-order valence-electron chi connectivity index (χ3n) is 4.97.